The molecule has 0 saturated heterocycles. The Bertz CT molecular complexity index is 1150. The molecule has 0 unspecified atom stereocenters. The first-order chi connectivity index (χ1) is 13.2. The maximum Gasteiger partial charge on any atom is 0.0242 e. The van der Waals surface area contributed by atoms with E-state index in [9.17, 15) is 0 Å². The van der Waals surface area contributed by atoms with E-state index >= 15 is 0 Å². The van der Waals surface area contributed by atoms with E-state index in [4.69, 9.17) is 0 Å². The average Bonchev–Trinajstić information content (AvgIpc) is 2.70. The van der Waals surface area contributed by atoms with Crippen LogP contribution in [-0.2, 0) is 18.3 Å². The zero-order chi connectivity index (χ0) is 18.2. The highest BCUT2D eigenvalue weighted by atomic mass is 127. The number of halogens is 2. The molecule has 0 fully saturated rings. The molecule has 0 saturated carbocycles. The number of hydrogen-bond donors (Lipinski definition) is 0. The first kappa shape index (κ1) is 16.8. The Morgan fingerprint density at radius 2 is 1.07 bits per heavy atom. The Hall–Kier alpha value is -1.14. The van der Waals surface area contributed by atoms with Gasteiger partial charge in [-0.15, -0.1) is 0 Å². The topological polar surface area (TPSA) is 0 Å². The van der Waals surface area contributed by atoms with Crippen LogP contribution in [0.25, 0.3) is 21.5 Å². The van der Waals surface area contributed by atoms with Crippen LogP contribution in [0, 0.1) is 7.14 Å². The fraction of sp³-hybridized carbons (Fsp3) is 0.200. The second-order valence-electron chi connectivity index (χ2n) is 7.96. The quantitative estimate of drug-likeness (QED) is 0.193. The fourth-order valence-corrected chi connectivity index (χ4v) is 7.59. The molecule has 6 rings (SSSR count). The van der Waals surface area contributed by atoms with E-state index in [1.54, 1.807) is 11.1 Å². The Balaban J connectivity index is 1.81. The molecular weight excluding hydrogens is 554 g/mol. The zero-order valence-corrected chi connectivity index (χ0v) is 19.2. The maximum atomic E-state index is 2.59. The van der Waals surface area contributed by atoms with Gasteiger partial charge in [-0.1, -0.05) is 48.5 Å². The minimum absolute atomic E-state index is 0.148. The monoisotopic (exact) mass is 572 g/mol. The minimum atomic E-state index is 0.148. The van der Waals surface area contributed by atoms with E-state index in [2.05, 4.69) is 106 Å². The van der Waals surface area contributed by atoms with Gasteiger partial charge < -0.3 is 0 Å². The molecule has 0 heterocycles. The van der Waals surface area contributed by atoms with Gasteiger partial charge in [-0.05, 0) is 127 Å². The Morgan fingerprint density at radius 1 is 0.593 bits per heavy atom. The normalized spacial score (nSPS) is 17.0. The lowest BCUT2D eigenvalue weighted by Crippen LogP contribution is -2.36. The molecular formula is C25H18I2. The van der Waals surface area contributed by atoms with Crippen molar-refractivity contribution in [3.63, 3.8) is 0 Å². The second kappa shape index (κ2) is 5.93. The largest absolute Gasteiger partial charge is 0.0614 e. The van der Waals surface area contributed by atoms with Gasteiger partial charge in [-0.2, -0.15) is 0 Å². The van der Waals surface area contributed by atoms with Crippen molar-refractivity contribution in [2.45, 2.75) is 31.1 Å². The highest BCUT2D eigenvalue weighted by molar-refractivity contribution is 14.1. The van der Waals surface area contributed by atoms with E-state index in [-0.39, 0.29) is 5.41 Å². The molecule has 0 N–H and O–H groups in total. The minimum Gasteiger partial charge on any atom is -0.0614 e. The van der Waals surface area contributed by atoms with Crippen LogP contribution in [0.4, 0.5) is 0 Å². The van der Waals surface area contributed by atoms with Crippen LogP contribution >= 0.6 is 45.2 Å². The molecule has 0 atom stereocenters. The summed E-state index contributed by atoms with van der Waals surface area (Å²) in [6.45, 7) is 0. The molecule has 0 radical (unpaired) electrons. The molecule has 2 aliphatic rings. The highest BCUT2D eigenvalue weighted by Crippen LogP contribution is 2.54. The number of aryl methyl sites for hydroxylation is 2. The summed E-state index contributed by atoms with van der Waals surface area (Å²) in [5.41, 5.74) is 6.42. The van der Waals surface area contributed by atoms with Gasteiger partial charge in [0.15, 0.2) is 0 Å². The zero-order valence-electron chi connectivity index (χ0n) is 14.9. The lowest BCUT2D eigenvalue weighted by atomic mass is 9.60. The van der Waals surface area contributed by atoms with Gasteiger partial charge >= 0.3 is 0 Å². The van der Waals surface area contributed by atoms with E-state index in [0.717, 1.165) is 0 Å². The summed E-state index contributed by atoms with van der Waals surface area (Å²) in [6.07, 6.45) is 4.81. The Morgan fingerprint density at radius 3 is 1.56 bits per heavy atom. The molecule has 0 amide bonds. The SMILES string of the molecule is Ic1ccc2cccc3c2c1C1(CC3)CCc2cccc3ccc(I)c1c23. The van der Waals surface area contributed by atoms with Gasteiger partial charge in [-0.25, -0.2) is 0 Å². The summed E-state index contributed by atoms with van der Waals surface area (Å²) < 4.78 is 2.86. The summed E-state index contributed by atoms with van der Waals surface area (Å²) in [6, 6.07) is 23.0. The van der Waals surface area contributed by atoms with Crippen molar-refractivity contribution in [1.29, 1.82) is 0 Å². The molecule has 0 bridgehead atoms. The fourth-order valence-electron chi connectivity index (χ4n) is 5.66. The average molecular weight is 572 g/mol. The molecule has 4 aromatic carbocycles. The van der Waals surface area contributed by atoms with Crippen molar-refractivity contribution in [3.8, 4) is 0 Å². The number of fused-ring (bicyclic) bond motifs is 2. The Labute approximate surface area is 186 Å². The molecule has 0 nitrogen and oxygen atoms in total. The van der Waals surface area contributed by atoms with Crippen LogP contribution in [0.1, 0.15) is 35.1 Å². The van der Waals surface area contributed by atoms with Crippen molar-refractivity contribution in [2.24, 2.45) is 0 Å². The van der Waals surface area contributed by atoms with E-state index < -0.39 is 0 Å². The molecule has 0 aliphatic heterocycles. The molecule has 0 aromatic heterocycles. The highest BCUT2D eigenvalue weighted by Gasteiger charge is 2.44. The summed E-state index contributed by atoms with van der Waals surface area (Å²) >= 11 is 5.18. The lowest BCUT2D eigenvalue weighted by Gasteiger charge is -2.44. The van der Waals surface area contributed by atoms with Gasteiger partial charge in [0.05, 0.1) is 0 Å². The summed E-state index contributed by atoms with van der Waals surface area (Å²) in [7, 11) is 0. The lowest BCUT2D eigenvalue weighted by molar-refractivity contribution is 0.424. The number of rotatable bonds is 0. The third-order valence-electron chi connectivity index (χ3n) is 6.76. The smallest absolute Gasteiger partial charge is 0.0242 e. The van der Waals surface area contributed by atoms with Crippen LogP contribution in [0.3, 0.4) is 0 Å². The second-order valence-corrected chi connectivity index (χ2v) is 10.3. The van der Waals surface area contributed by atoms with Gasteiger partial charge in [0.2, 0.25) is 0 Å². The number of benzene rings is 4. The van der Waals surface area contributed by atoms with Gasteiger partial charge in [0.25, 0.3) is 0 Å². The predicted octanol–water partition coefficient (Wildman–Crippen LogP) is 7.38. The van der Waals surface area contributed by atoms with Crippen LogP contribution in [0.2, 0.25) is 0 Å². The van der Waals surface area contributed by atoms with Crippen LogP contribution in [0.15, 0.2) is 60.7 Å². The molecule has 132 valence electrons. The molecule has 2 heteroatoms. The van der Waals surface area contributed by atoms with Crippen LogP contribution in [-0.4, -0.2) is 0 Å². The van der Waals surface area contributed by atoms with Crippen molar-refractivity contribution in [3.05, 3.63) is 90.1 Å². The van der Waals surface area contributed by atoms with Crippen molar-refractivity contribution >= 4 is 66.7 Å². The molecule has 1 spiro atoms. The summed E-state index contributed by atoms with van der Waals surface area (Å²) in [5.74, 6) is 0. The number of hydrogen-bond acceptors (Lipinski definition) is 0. The molecule has 4 aromatic rings. The van der Waals surface area contributed by atoms with E-state index in [0.29, 0.717) is 0 Å². The van der Waals surface area contributed by atoms with Gasteiger partial charge in [-0.3, -0.25) is 0 Å². The van der Waals surface area contributed by atoms with Gasteiger partial charge in [0, 0.05) is 12.6 Å². The Kier molecular flexibility index (Phi) is 3.68. The third-order valence-corrected chi connectivity index (χ3v) is 8.56. The van der Waals surface area contributed by atoms with Gasteiger partial charge in [0.1, 0.15) is 0 Å². The first-order valence-corrected chi connectivity index (χ1v) is 11.8. The standard InChI is InChI=1S/C25H18I2/c26-19-9-7-15-3-1-5-17-11-13-25(23(19)21(15)17)14-12-18-6-2-4-16-8-10-20(27)24(25)22(16)18/h1-10H,11-14H2. The van der Waals surface area contributed by atoms with E-state index in [1.165, 1.54) is 65.5 Å². The maximum absolute atomic E-state index is 2.59. The van der Waals surface area contributed by atoms with Crippen LogP contribution in [0.5, 0.6) is 0 Å². The van der Waals surface area contributed by atoms with Crippen molar-refractivity contribution in [2.75, 3.05) is 0 Å². The molecule has 27 heavy (non-hydrogen) atoms. The summed E-state index contributed by atoms with van der Waals surface area (Å²) in [5, 5.41) is 5.87. The summed E-state index contributed by atoms with van der Waals surface area (Å²) in [4.78, 5) is 0. The molecule has 2 aliphatic carbocycles. The predicted molar refractivity (Wildman–Crippen MR) is 131 cm³/mol. The third kappa shape index (κ3) is 2.20. The first-order valence-electron chi connectivity index (χ1n) is 9.60. The van der Waals surface area contributed by atoms with E-state index in [1.807, 2.05) is 0 Å². The van der Waals surface area contributed by atoms with Crippen molar-refractivity contribution in [1.82, 2.24) is 0 Å². The van der Waals surface area contributed by atoms with Crippen LogP contribution < -0.4 is 0 Å². The van der Waals surface area contributed by atoms with Crippen molar-refractivity contribution < 1.29 is 0 Å².